The summed E-state index contributed by atoms with van der Waals surface area (Å²) in [5.41, 5.74) is 2.09. The van der Waals surface area contributed by atoms with Gasteiger partial charge < -0.3 is 15.0 Å². The molecule has 3 aromatic rings. The Morgan fingerprint density at radius 3 is 2.66 bits per heavy atom. The molecule has 1 aliphatic rings. The highest BCUT2D eigenvalue weighted by Gasteiger charge is 2.27. The van der Waals surface area contributed by atoms with E-state index >= 15 is 0 Å². The topological polar surface area (TPSA) is 67.3 Å². The summed E-state index contributed by atoms with van der Waals surface area (Å²) >= 11 is 0. The number of carbonyl (C=O) groups is 1. The van der Waals surface area contributed by atoms with Crippen LogP contribution in [0.1, 0.15) is 24.0 Å². The molecule has 1 fully saturated rings. The zero-order chi connectivity index (χ0) is 22.3. The number of halogens is 2. The Morgan fingerprint density at radius 2 is 1.91 bits per heavy atom. The number of anilines is 2. The molecule has 1 saturated heterocycles. The number of carbonyl (C=O) groups excluding carboxylic acids is 1. The Morgan fingerprint density at radius 1 is 1.12 bits per heavy atom. The Bertz CT molecular complexity index is 1030. The maximum atomic E-state index is 12.9. The van der Waals surface area contributed by atoms with Gasteiger partial charge in [-0.3, -0.25) is 4.79 Å². The Hall–Kier alpha value is -3.55. The van der Waals surface area contributed by atoms with Crippen LogP contribution in [0.2, 0.25) is 0 Å². The molecule has 32 heavy (non-hydrogen) atoms. The van der Waals surface area contributed by atoms with E-state index in [1.54, 1.807) is 30.6 Å². The standard InChI is InChI=1S/C24H24F2N4O2/c25-23(26)32-21-10-9-20(15-19(21)14-17-6-2-1-3-7-17)29-22(31)18-8-4-13-30(16-18)24-27-11-5-12-28-24/h1-3,5-7,9-12,15,18,23H,4,8,13-14,16H2,(H,29,31)/t18-/m0/s1. The van der Waals surface area contributed by atoms with Gasteiger partial charge in [0, 0.05) is 43.2 Å². The molecule has 0 radical (unpaired) electrons. The minimum Gasteiger partial charge on any atom is -0.435 e. The number of hydrogen-bond donors (Lipinski definition) is 1. The number of nitrogens with one attached hydrogen (secondary N) is 1. The fraction of sp³-hybridized carbons (Fsp3) is 0.292. The lowest BCUT2D eigenvalue weighted by atomic mass is 9.97. The smallest absolute Gasteiger partial charge is 0.387 e. The lowest BCUT2D eigenvalue weighted by molar-refractivity contribution is -0.120. The van der Waals surface area contributed by atoms with Crippen molar-refractivity contribution in [2.45, 2.75) is 25.9 Å². The van der Waals surface area contributed by atoms with E-state index in [0.717, 1.165) is 24.9 Å². The molecule has 166 valence electrons. The molecule has 0 spiro atoms. The molecule has 0 unspecified atom stereocenters. The van der Waals surface area contributed by atoms with Crippen molar-refractivity contribution in [1.29, 1.82) is 0 Å². The normalized spacial score (nSPS) is 16.1. The van der Waals surface area contributed by atoms with Crippen LogP contribution in [0.25, 0.3) is 0 Å². The van der Waals surface area contributed by atoms with Crippen molar-refractivity contribution in [2.24, 2.45) is 5.92 Å². The summed E-state index contributed by atoms with van der Waals surface area (Å²) in [4.78, 5) is 23.5. The second-order valence-corrected chi connectivity index (χ2v) is 7.69. The molecule has 1 N–H and O–H groups in total. The van der Waals surface area contributed by atoms with Gasteiger partial charge >= 0.3 is 6.61 Å². The molecule has 2 aromatic carbocycles. The fourth-order valence-corrected chi connectivity index (χ4v) is 3.89. The summed E-state index contributed by atoms with van der Waals surface area (Å²) in [7, 11) is 0. The van der Waals surface area contributed by atoms with Gasteiger partial charge in [0.1, 0.15) is 5.75 Å². The predicted octanol–water partition coefficient (Wildman–Crippen LogP) is 4.52. The summed E-state index contributed by atoms with van der Waals surface area (Å²) in [5.74, 6) is 0.386. The number of hydrogen-bond acceptors (Lipinski definition) is 5. The molecule has 0 aliphatic carbocycles. The second-order valence-electron chi connectivity index (χ2n) is 7.69. The van der Waals surface area contributed by atoms with Crippen LogP contribution < -0.4 is 15.0 Å². The first-order valence-electron chi connectivity index (χ1n) is 10.5. The SMILES string of the molecule is O=C(Nc1ccc(OC(F)F)c(Cc2ccccc2)c1)[C@H]1CCCN(c2ncccn2)C1. The summed E-state index contributed by atoms with van der Waals surface area (Å²) in [6, 6.07) is 16.0. The van der Waals surface area contributed by atoms with Crippen molar-refractivity contribution < 1.29 is 18.3 Å². The number of nitrogens with zero attached hydrogens (tertiary/aromatic N) is 3. The Balaban J connectivity index is 1.48. The van der Waals surface area contributed by atoms with Crippen molar-refractivity contribution in [3.05, 3.63) is 78.1 Å². The minimum absolute atomic E-state index is 0.104. The van der Waals surface area contributed by atoms with Crippen LogP contribution in [-0.2, 0) is 11.2 Å². The number of amides is 1. The van der Waals surface area contributed by atoms with E-state index in [2.05, 4.69) is 15.3 Å². The van der Waals surface area contributed by atoms with Gasteiger partial charge in [0.05, 0.1) is 5.92 Å². The number of ether oxygens (including phenoxy) is 1. The number of aromatic nitrogens is 2. The number of benzene rings is 2. The summed E-state index contributed by atoms with van der Waals surface area (Å²) < 4.78 is 30.4. The van der Waals surface area contributed by atoms with Gasteiger partial charge in [-0.25, -0.2) is 9.97 Å². The van der Waals surface area contributed by atoms with Crippen molar-refractivity contribution in [3.63, 3.8) is 0 Å². The minimum atomic E-state index is -2.92. The highest BCUT2D eigenvalue weighted by Crippen LogP contribution is 2.28. The molecule has 1 atom stereocenters. The van der Waals surface area contributed by atoms with Gasteiger partial charge in [-0.1, -0.05) is 30.3 Å². The van der Waals surface area contributed by atoms with Gasteiger partial charge in [-0.2, -0.15) is 8.78 Å². The molecule has 6 nitrogen and oxygen atoms in total. The quantitative estimate of drug-likeness (QED) is 0.587. The van der Waals surface area contributed by atoms with Crippen LogP contribution in [0, 0.1) is 5.92 Å². The maximum absolute atomic E-state index is 12.9. The van der Waals surface area contributed by atoms with Gasteiger partial charge in [0.25, 0.3) is 0 Å². The monoisotopic (exact) mass is 438 g/mol. The molecular formula is C24H24F2N4O2. The molecule has 2 heterocycles. The highest BCUT2D eigenvalue weighted by atomic mass is 19.3. The average Bonchev–Trinajstić information content (AvgIpc) is 2.82. The van der Waals surface area contributed by atoms with E-state index < -0.39 is 6.61 Å². The van der Waals surface area contributed by atoms with E-state index in [1.165, 1.54) is 6.07 Å². The molecule has 0 saturated carbocycles. The van der Waals surface area contributed by atoms with E-state index in [0.29, 0.717) is 30.2 Å². The van der Waals surface area contributed by atoms with Crippen LogP contribution >= 0.6 is 0 Å². The molecule has 0 bridgehead atoms. The second kappa shape index (κ2) is 10.2. The maximum Gasteiger partial charge on any atom is 0.387 e. The number of alkyl halides is 2. The van der Waals surface area contributed by atoms with Crippen molar-refractivity contribution in [2.75, 3.05) is 23.3 Å². The molecule has 1 amide bonds. The summed E-state index contributed by atoms with van der Waals surface area (Å²) in [6.07, 6.45) is 5.40. The zero-order valence-corrected chi connectivity index (χ0v) is 17.5. The third-order valence-corrected chi connectivity index (χ3v) is 5.41. The fourth-order valence-electron chi connectivity index (χ4n) is 3.89. The average molecular weight is 438 g/mol. The summed E-state index contributed by atoms with van der Waals surface area (Å²) in [5, 5.41) is 2.94. The number of piperidine rings is 1. The van der Waals surface area contributed by atoms with Crippen molar-refractivity contribution in [3.8, 4) is 5.75 Å². The molecule has 8 heteroatoms. The van der Waals surface area contributed by atoms with E-state index in [-0.39, 0.29) is 17.6 Å². The van der Waals surface area contributed by atoms with Gasteiger partial charge in [-0.15, -0.1) is 0 Å². The van der Waals surface area contributed by atoms with E-state index in [9.17, 15) is 13.6 Å². The third-order valence-electron chi connectivity index (χ3n) is 5.41. The highest BCUT2D eigenvalue weighted by molar-refractivity contribution is 5.93. The third kappa shape index (κ3) is 5.57. The van der Waals surface area contributed by atoms with Crippen LogP contribution in [0.4, 0.5) is 20.4 Å². The van der Waals surface area contributed by atoms with Gasteiger partial charge in [0.2, 0.25) is 11.9 Å². The van der Waals surface area contributed by atoms with E-state index in [4.69, 9.17) is 4.74 Å². The Kier molecular flexibility index (Phi) is 6.89. The lowest BCUT2D eigenvalue weighted by Crippen LogP contribution is -2.41. The van der Waals surface area contributed by atoms with Crippen LogP contribution in [0.5, 0.6) is 5.75 Å². The van der Waals surface area contributed by atoms with E-state index in [1.807, 2.05) is 35.2 Å². The largest absolute Gasteiger partial charge is 0.435 e. The first-order valence-corrected chi connectivity index (χ1v) is 10.5. The van der Waals surface area contributed by atoms with Gasteiger partial charge in [-0.05, 0) is 42.7 Å². The molecular weight excluding hydrogens is 414 g/mol. The first-order chi connectivity index (χ1) is 15.6. The molecule has 4 rings (SSSR count). The first kappa shape index (κ1) is 21.7. The number of rotatable bonds is 7. The van der Waals surface area contributed by atoms with Gasteiger partial charge in [0.15, 0.2) is 0 Å². The van der Waals surface area contributed by atoms with Crippen molar-refractivity contribution in [1.82, 2.24) is 9.97 Å². The van der Waals surface area contributed by atoms with Crippen molar-refractivity contribution >= 4 is 17.5 Å². The zero-order valence-electron chi connectivity index (χ0n) is 17.5. The summed E-state index contributed by atoms with van der Waals surface area (Å²) in [6.45, 7) is -1.59. The predicted molar refractivity (Wildman–Crippen MR) is 118 cm³/mol. The lowest BCUT2D eigenvalue weighted by Gasteiger charge is -2.31. The Labute approximate surface area is 185 Å². The van der Waals surface area contributed by atoms with Crippen LogP contribution in [0.15, 0.2) is 67.0 Å². The van der Waals surface area contributed by atoms with Crippen LogP contribution in [0.3, 0.4) is 0 Å². The van der Waals surface area contributed by atoms with Crippen LogP contribution in [-0.4, -0.2) is 35.6 Å². The molecule has 1 aromatic heterocycles. The molecule has 1 aliphatic heterocycles.